The summed E-state index contributed by atoms with van der Waals surface area (Å²) in [5.41, 5.74) is 5.86. The Hall–Kier alpha value is -4.63. The van der Waals surface area contributed by atoms with Crippen LogP contribution >= 0.6 is 0 Å². The molecule has 2 aromatic heterocycles. The molecule has 0 saturated carbocycles. The molecule has 0 aliphatic heterocycles. The summed E-state index contributed by atoms with van der Waals surface area (Å²) < 4.78 is 0. The van der Waals surface area contributed by atoms with Crippen molar-refractivity contribution in [2.75, 3.05) is 0 Å². The third-order valence-electron chi connectivity index (χ3n) is 6.68. The molecule has 0 N–H and O–H groups in total. The van der Waals surface area contributed by atoms with E-state index in [0.717, 1.165) is 11.4 Å². The van der Waals surface area contributed by atoms with E-state index in [1.807, 2.05) is 18.5 Å². The summed E-state index contributed by atoms with van der Waals surface area (Å²) in [7, 11) is 0. The van der Waals surface area contributed by atoms with Gasteiger partial charge >= 0.3 is 0 Å². The van der Waals surface area contributed by atoms with Crippen molar-refractivity contribution in [1.82, 2.24) is 15.0 Å². The molecule has 34 heavy (non-hydrogen) atoms. The van der Waals surface area contributed by atoms with Crippen LogP contribution in [0.25, 0.3) is 66.0 Å². The first-order valence-corrected chi connectivity index (χ1v) is 11.4. The molecule has 0 unspecified atom stereocenters. The number of hydrogen-bond donors (Lipinski definition) is 0. The quantitative estimate of drug-likeness (QED) is 0.267. The Bertz CT molecular complexity index is 1770. The molecule has 0 amide bonds. The zero-order valence-corrected chi connectivity index (χ0v) is 18.3. The van der Waals surface area contributed by atoms with Gasteiger partial charge < -0.3 is 0 Å². The molecule has 0 spiro atoms. The van der Waals surface area contributed by atoms with Crippen molar-refractivity contribution >= 4 is 32.3 Å². The molecular weight excluding hydrogens is 414 g/mol. The van der Waals surface area contributed by atoms with Gasteiger partial charge in [0.1, 0.15) is 0 Å². The molecule has 0 aliphatic rings. The van der Waals surface area contributed by atoms with Gasteiger partial charge in [-0.1, -0.05) is 72.8 Å². The summed E-state index contributed by atoms with van der Waals surface area (Å²) in [4.78, 5) is 12.9. The van der Waals surface area contributed by atoms with Gasteiger partial charge in [-0.25, -0.2) is 9.97 Å². The van der Waals surface area contributed by atoms with Crippen molar-refractivity contribution in [3.8, 4) is 33.6 Å². The van der Waals surface area contributed by atoms with E-state index in [1.54, 1.807) is 12.4 Å². The molecule has 3 nitrogen and oxygen atoms in total. The van der Waals surface area contributed by atoms with Crippen molar-refractivity contribution in [3.05, 3.63) is 116 Å². The lowest BCUT2D eigenvalue weighted by molar-refractivity contribution is 1.18. The van der Waals surface area contributed by atoms with E-state index in [0.29, 0.717) is 0 Å². The number of hydrogen-bond acceptors (Lipinski definition) is 3. The normalized spacial score (nSPS) is 11.5. The molecule has 0 aliphatic carbocycles. The fourth-order valence-corrected chi connectivity index (χ4v) is 5.08. The SMILES string of the molecule is c1cnc(-c2ccc(-c3ccc4ccc5c(-c6ccncc6)ccc6ccc3c4c65)cc2)nc1. The van der Waals surface area contributed by atoms with E-state index in [1.165, 1.54) is 54.6 Å². The van der Waals surface area contributed by atoms with Crippen LogP contribution in [0, 0.1) is 0 Å². The predicted molar refractivity (Wildman–Crippen MR) is 140 cm³/mol. The Balaban J connectivity index is 1.46. The van der Waals surface area contributed by atoms with E-state index in [2.05, 4.69) is 99.9 Å². The van der Waals surface area contributed by atoms with E-state index >= 15 is 0 Å². The second-order valence-electron chi connectivity index (χ2n) is 8.53. The second kappa shape index (κ2) is 7.46. The minimum Gasteiger partial charge on any atom is -0.265 e. The molecule has 0 atom stereocenters. The third kappa shape index (κ3) is 2.87. The lowest BCUT2D eigenvalue weighted by Crippen LogP contribution is -1.90. The highest BCUT2D eigenvalue weighted by Crippen LogP contribution is 2.42. The first-order valence-electron chi connectivity index (χ1n) is 11.4. The van der Waals surface area contributed by atoms with Crippen molar-refractivity contribution in [1.29, 1.82) is 0 Å². The molecule has 5 aromatic carbocycles. The Morgan fingerprint density at radius 2 is 0.912 bits per heavy atom. The third-order valence-corrected chi connectivity index (χ3v) is 6.68. The summed E-state index contributed by atoms with van der Waals surface area (Å²) >= 11 is 0. The van der Waals surface area contributed by atoms with Gasteiger partial charge in [0.2, 0.25) is 0 Å². The van der Waals surface area contributed by atoms with Crippen LogP contribution < -0.4 is 0 Å². The fourth-order valence-electron chi connectivity index (χ4n) is 5.08. The second-order valence-corrected chi connectivity index (χ2v) is 8.53. The highest BCUT2D eigenvalue weighted by Gasteiger charge is 2.14. The minimum absolute atomic E-state index is 0.744. The highest BCUT2D eigenvalue weighted by atomic mass is 14.8. The van der Waals surface area contributed by atoms with Crippen LogP contribution in [-0.4, -0.2) is 15.0 Å². The fraction of sp³-hybridized carbons (Fsp3) is 0. The molecule has 0 saturated heterocycles. The Morgan fingerprint density at radius 3 is 1.50 bits per heavy atom. The summed E-state index contributed by atoms with van der Waals surface area (Å²) in [5.74, 6) is 0.744. The number of rotatable bonds is 3. The van der Waals surface area contributed by atoms with Gasteiger partial charge in [0.15, 0.2) is 5.82 Å². The molecule has 158 valence electrons. The van der Waals surface area contributed by atoms with Gasteiger partial charge in [0.25, 0.3) is 0 Å². The molecule has 7 rings (SSSR count). The Labute approximate surface area is 196 Å². The summed E-state index contributed by atoms with van der Waals surface area (Å²) in [6, 6.07) is 32.5. The van der Waals surface area contributed by atoms with Gasteiger partial charge in [-0.15, -0.1) is 0 Å². The van der Waals surface area contributed by atoms with Crippen molar-refractivity contribution in [3.63, 3.8) is 0 Å². The number of benzene rings is 5. The van der Waals surface area contributed by atoms with Crippen molar-refractivity contribution < 1.29 is 0 Å². The molecular formula is C31H19N3. The average molecular weight is 434 g/mol. The Kier molecular flexibility index (Phi) is 4.15. The predicted octanol–water partition coefficient (Wildman–Crippen LogP) is 7.77. The summed E-state index contributed by atoms with van der Waals surface area (Å²) in [5, 5.41) is 7.71. The van der Waals surface area contributed by atoms with Gasteiger partial charge in [-0.2, -0.15) is 0 Å². The maximum atomic E-state index is 4.37. The van der Waals surface area contributed by atoms with Gasteiger partial charge in [0, 0.05) is 30.4 Å². The largest absolute Gasteiger partial charge is 0.265 e. The number of nitrogens with zero attached hydrogens (tertiary/aromatic N) is 3. The zero-order valence-electron chi connectivity index (χ0n) is 18.3. The molecule has 0 radical (unpaired) electrons. The van der Waals surface area contributed by atoms with Crippen LogP contribution in [0.15, 0.2) is 116 Å². The van der Waals surface area contributed by atoms with Crippen LogP contribution in [0.1, 0.15) is 0 Å². The van der Waals surface area contributed by atoms with Crippen LogP contribution in [0.4, 0.5) is 0 Å². The van der Waals surface area contributed by atoms with Crippen LogP contribution in [0.5, 0.6) is 0 Å². The van der Waals surface area contributed by atoms with E-state index in [-0.39, 0.29) is 0 Å². The molecule has 7 aromatic rings. The zero-order chi connectivity index (χ0) is 22.5. The van der Waals surface area contributed by atoms with Crippen LogP contribution in [-0.2, 0) is 0 Å². The lowest BCUT2D eigenvalue weighted by atomic mass is 9.87. The van der Waals surface area contributed by atoms with Crippen LogP contribution in [0.2, 0.25) is 0 Å². The van der Waals surface area contributed by atoms with Gasteiger partial charge in [-0.05, 0) is 72.8 Å². The van der Waals surface area contributed by atoms with Crippen LogP contribution in [0.3, 0.4) is 0 Å². The highest BCUT2D eigenvalue weighted by molar-refractivity contribution is 6.27. The van der Waals surface area contributed by atoms with E-state index in [4.69, 9.17) is 0 Å². The first kappa shape index (κ1) is 18.9. The average Bonchev–Trinajstić information content (AvgIpc) is 2.92. The maximum Gasteiger partial charge on any atom is 0.159 e. The smallest absolute Gasteiger partial charge is 0.159 e. The van der Waals surface area contributed by atoms with E-state index in [9.17, 15) is 0 Å². The first-order chi connectivity index (χ1) is 16.9. The molecule has 0 bridgehead atoms. The molecule has 3 heteroatoms. The maximum absolute atomic E-state index is 4.37. The topological polar surface area (TPSA) is 38.7 Å². The summed E-state index contributed by atoms with van der Waals surface area (Å²) in [6.45, 7) is 0. The monoisotopic (exact) mass is 433 g/mol. The molecule has 0 fully saturated rings. The Morgan fingerprint density at radius 1 is 0.412 bits per heavy atom. The molecule has 2 heterocycles. The standard InChI is InChI=1S/C31H19N3/c1-16-33-31(34-17-1)24-4-2-20(3-5-24)25-10-6-22-9-13-28-26(21-14-18-32-19-15-21)11-7-23-8-12-27(25)29(22)30(23)28/h1-19H. The minimum atomic E-state index is 0.744. The summed E-state index contributed by atoms with van der Waals surface area (Å²) in [6.07, 6.45) is 7.26. The number of aromatic nitrogens is 3. The van der Waals surface area contributed by atoms with E-state index < -0.39 is 0 Å². The lowest BCUT2D eigenvalue weighted by Gasteiger charge is -2.16. The van der Waals surface area contributed by atoms with Gasteiger partial charge in [0.05, 0.1) is 0 Å². The number of pyridine rings is 1. The van der Waals surface area contributed by atoms with Gasteiger partial charge in [-0.3, -0.25) is 4.98 Å². The van der Waals surface area contributed by atoms with Crippen molar-refractivity contribution in [2.24, 2.45) is 0 Å². The van der Waals surface area contributed by atoms with Crippen molar-refractivity contribution in [2.45, 2.75) is 0 Å².